The SMILES string of the molecule is CC1(C)OC(=O)C2=C(C[C@H](CCc3ccccc3)O[C@@H]2c2ccccc2)O1. The Hall–Kier alpha value is -2.59. The van der Waals surface area contributed by atoms with Crippen LogP contribution in [0.4, 0.5) is 0 Å². The smallest absolute Gasteiger partial charge is 0.343 e. The Morgan fingerprint density at radius 3 is 2.33 bits per heavy atom. The van der Waals surface area contributed by atoms with Gasteiger partial charge < -0.3 is 14.2 Å². The van der Waals surface area contributed by atoms with Crippen molar-refractivity contribution in [3.63, 3.8) is 0 Å². The first-order valence-corrected chi connectivity index (χ1v) is 9.41. The lowest BCUT2D eigenvalue weighted by Gasteiger charge is -2.40. The van der Waals surface area contributed by atoms with E-state index in [1.165, 1.54) is 5.56 Å². The summed E-state index contributed by atoms with van der Waals surface area (Å²) in [4.78, 5) is 12.7. The van der Waals surface area contributed by atoms with Crippen molar-refractivity contribution < 1.29 is 19.0 Å². The lowest BCUT2D eigenvalue weighted by atomic mass is 9.92. The first-order valence-electron chi connectivity index (χ1n) is 9.41. The van der Waals surface area contributed by atoms with E-state index in [4.69, 9.17) is 14.2 Å². The Kier molecular flexibility index (Phi) is 4.75. The minimum atomic E-state index is -0.946. The van der Waals surface area contributed by atoms with E-state index in [1.54, 1.807) is 13.8 Å². The van der Waals surface area contributed by atoms with Crippen molar-refractivity contribution in [3.05, 3.63) is 83.1 Å². The highest BCUT2D eigenvalue weighted by atomic mass is 16.7. The monoisotopic (exact) mass is 364 g/mol. The van der Waals surface area contributed by atoms with Crippen molar-refractivity contribution in [2.24, 2.45) is 0 Å². The van der Waals surface area contributed by atoms with Gasteiger partial charge in [0, 0.05) is 20.3 Å². The van der Waals surface area contributed by atoms with Crippen LogP contribution in [0.25, 0.3) is 0 Å². The fourth-order valence-corrected chi connectivity index (χ4v) is 3.70. The van der Waals surface area contributed by atoms with E-state index >= 15 is 0 Å². The average Bonchev–Trinajstić information content (AvgIpc) is 2.66. The minimum Gasteiger partial charge on any atom is -0.456 e. The topological polar surface area (TPSA) is 44.8 Å². The number of hydrogen-bond donors (Lipinski definition) is 0. The summed E-state index contributed by atoms with van der Waals surface area (Å²) < 4.78 is 17.9. The Labute approximate surface area is 159 Å². The van der Waals surface area contributed by atoms with Crippen LogP contribution in [0.3, 0.4) is 0 Å². The summed E-state index contributed by atoms with van der Waals surface area (Å²) >= 11 is 0. The van der Waals surface area contributed by atoms with Crippen molar-refractivity contribution in [2.45, 2.75) is 51.1 Å². The van der Waals surface area contributed by atoms with Gasteiger partial charge in [0.1, 0.15) is 17.4 Å². The lowest BCUT2D eigenvalue weighted by molar-refractivity contribution is -0.217. The second kappa shape index (κ2) is 7.20. The van der Waals surface area contributed by atoms with Crippen molar-refractivity contribution >= 4 is 5.97 Å². The second-order valence-corrected chi connectivity index (χ2v) is 7.51. The van der Waals surface area contributed by atoms with Crippen molar-refractivity contribution in [3.8, 4) is 0 Å². The standard InChI is InChI=1S/C23H24O4/c1-23(2)26-19-15-18(14-13-16-9-5-3-6-10-16)25-21(20(19)22(24)27-23)17-11-7-4-8-12-17/h3-12,18,21H,13-15H2,1-2H3/t18-,21+/m0/s1. The fraction of sp³-hybridized carbons (Fsp3) is 0.348. The summed E-state index contributed by atoms with van der Waals surface area (Å²) in [6.45, 7) is 3.53. The molecule has 2 aliphatic rings. The molecule has 0 saturated carbocycles. The molecule has 0 spiro atoms. The Bertz CT molecular complexity index is 839. The van der Waals surface area contributed by atoms with Gasteiger partial charge in [0.15, 0.2) is 0 Å². The number of hydrogen-bond acceptors (Lipinski definition) is 4. The average molecular weight is 364 g/mol. The Balaban J connectivity index is 1.61. The zero-order chi connectivity index (χ0) is 18.9. The summed E-state index contributed by atoms with van der Waals surface area (Å²) in [7, 11) is 0. The lowest BCUT2D eigenvalue weighted by Crippen LogP contribution is -2.42. The van der Waals surface area contributed by atoms with Crippen molar-refractivity contribution in [2.75, 3.05) is 0 Å². The molecule has 0 fully saturated rings. The number of carbonyl (C=O) groups is 1. The van der Waals surface area contributed by atoms with E-state index in [2.05, 4.69) is 12.1 Å². The molecular formula is C23H24O4. The fourth-order valence-electron chi connectivity index (χ4n) is 3.70. The normalized spacial score (nSPS) is 24.0. The maximum absolute atomic E-state index is 12.7. The van der Waals surface area contributed by atoms with E-state index in [0.29, 0.717) is 17.8 Å². The van der Waals surface area contributed by atoms with Crippen molar-refractivity contribution in [1.29, 1.82) is 0 Å². The van der Waals surface area contributed by atoms with Gasteiger partial charge >= 0.3 is 5.97 Å². The summed E-state index contributed by atoms with van der Waals surface area (Å²) in [5, 5.41) is 0. The van der Waals surface area contributed by atoms with Crippen molar-refractivity contribution in [1.82, 2.24) is 0 Å². The third-order valence-electron chi connectivity index (χ3n) is 4.93. The molecule has 0 aromatic heterocycles. The molecule has 0 N–H and O–H groups in total. The van der Waals surface area contributed by atoms with Crippen LogP contribution >= 0.6 is 0 Å². The van der Waals surface area contributed by atoms with Gasteiger partial charge in [-0.1, -0.05) is 60.7 Å². The first-order chi connectivity index (χ1) is 13.0. The number of cyclic esters (lactones) is 1. The number of carbonyl (C=O) groups excluding carboxylic acids is 1. The molecule has 4 heteroatoms. The number of esters is 1. The maximum Gasteiger partial charge on any atom is 0.343 e. The summed E-state index contributed by atoms with van der Waals surface area (Å²) in [5.74, 6) is -0.593. The zero-order valence-electron chi connectivity index (χ0n) is 15.7. The van der Waals surface area contributed by atoms with Gasteiger partial charge in [-0.15, -0.1) is 0 Å². The molecule has 0 bridgehead atoms. The van der Waals surface area contributed by atoms with Gasteiger partial charge in [-0.25, -0.2) is 4.79 Å². The van der Waals surface area contributed by atoms with E-state index in [-0.39, 0.29) is 12.1 Å². The third kappa shape index (κ3) is 3.91. The Morgan fingerprint density at radius 1 is 0.963 bits per heavy atom. The summed E-state index contributed by atoms with van der Waals surface area (Å²) in [5.41, 5.74) is 2.72. The number of benzene rings is 2. The first kappa shape index (κ1) is 17.8. The van der Waals surface area contributed by atoms with Crippen LogP contribution in [-0.4, -0.2) is 17.9 Å². The second-order valence-electron chi connectivity index (χ2n) is 7.51. The highest BCUT2D eigenvalue weighted by Crippen LogP contribution is 2.43. The van der Waals surface area contributed by atoms with Gasteiger partial charge in [0.25, 0.3) is 0 Å². The maximum atomic E-state index is 12.7. The van der Waals surface area contributed by atoms with E-state index < -0.39 is 11.9 Å². The van der Waals surface area contributed by atoms with Gasteiger partial charge in [-0.2, -0.15) is 0 Å². The van der Waals surface area contributed by atoms with Crippen LogP contribution in [0.1, 0.15) is 43.9 Å². The molecule has 27 heavy (non-hydrogen) atoms. The molecule has 0 aliphatic carbocycles. The molecule has 0 amide bonds. The highest BCUT2D eigenvalue weighted by molar-refractivity contribution is 5.91. The Morgan fingerprint density at radius 2 is 1.63 bits per heavy atom. The molecule has 2 heterocycles. The minimum absolute atomic E-state index is 0.0177. The van der Waals surface area contributed by atoms with Crippen LogP contribution in [0.15, 0.2) is 72.0 Å². The summed E-state index contributed by atoms with van der Waals surface area (Å²) in [6.07, 6.45) is 1.89. The number of ether oxygens (including phenoxy) is 3. The van der Waals surface area contributed by atoms with Crippen LogP contribution in [0, 0.1) is 0 Å². The predicted octanol–water partition coefficient (Wildman–Crippen LogP) is 4.71. The van der Waals surface area contributed by atoms with E-state index in [0.717, 1.165) is 18.4 Å². The summed E-state index contributed by atoms with van der Waals surface area (Å²) in [6, 6.07) is 20.2. The van der Waals surface area contributed by atoms with Gasteiger partial charge in [-0.05, 0) is 24.0 Å². The van der Waals surface area contributed by atoms with Crippen LogP contribution < -0.4 is 0 Å². The third-order valence-corrected chi connectivity index (χ3v) is 4.93. The highest BCUT2D eigenvalue weighted by Gasteiger charge is 2.44. The molecule has 0 radical (unpaired) electrons. The van der Waals surface area contributed by atoms with Crippen LogP contribution in [0.2, 0.25) is 0 Å². The number of rotatable bonds is 4. The number of aryl methyl sites for hydroxylation is 1. The van der Waals surface area contributed by atoms with Gasteiger partial charge in [-0.3, -0.25) is 0 Å². The molecule has 4 rings (SSSR count). The van der Waals surface area contributed by atoms with E-state index in [1.807, 2.05) is 48.5 Å². The van der Waals surface area contributed by atoms with Crippen LogP contribution in [-0.2, 0) is 25.4 Å². The van der Waals surface area contributed by atoms with Gasteiger partial charge in [0.05, 0.1) is 6.10 Å². The quantitative estimate of drug-likeness (QED) is 0.737. The molecular weight excluding hydrogens is 340 g/mol. The molecule has 2 aromatic rings. The molecule has 4 nitrogen and oxygen atoms in total. The zero-order valence-corrected chi connectivity index (χ0v) is 15.7. The molecule has 2 atom stereocenters. The molecule has 140 valence electrons. The largest absolute Gasteiger partial charge is 0.456 e. The molecule has 0 saturated heterocycles. The molecule has 0 unspecified atom stereocenters. The molecule has 2 aliphatic heterocycles. The van der Waals surface area contributed by atoms with Gasteiger partial charge in [0.2, 0.25) is 5.79 Å². The molecule has 2 aromatic carbocycles. The van der Waals surface area contributed by atoms with Crippen LogP contribution in [0.5, 0.6) is 0 Å². The van der Waals surface area contributed by atoms with E-state index in [9.17, 15) is 4.79 Å². The predicted molar refractivity (Wildman–Crippen MR) is 102 cm³/mol.